The van der Waals surface area contributed by atoms with Crippen molar-refractivity contribution in [2.45, 2.75) is 12.8 Å². The Kier molecular flexibility index (Phi) is 6.22. The summed E-state index contributed by atoms with van der Waals surface area (Å²) in [5, 5.41) is 7.37. The molecule has 9 heteroatoms. The lowest BCUT2D eigenvalue weighted by Gasteiger charge is -2.26. The highest BCUT2D eigenvalue weighted by molar-refractivity contribution is 8.24. The molecule has 4 rings (SSSR count). The summed E-state index contributed by atoms with van der Waals surface area (Å²) in [6.45, 7) is 0.899. The minimum Gasteiger partial charge on any atom is -0.497 e. The number of rotatable bonds is 8. The summed E-state index contributed by atoms with van der Waals surface area (Å²) in [6, 6.07) is 11.9. The van der Waals surface area contributed by atoms with Gasteiger partial charge in [-0.05, 0) is 48.7 Å². The number of nitrogens with one attached hydrogen (secondary N) is 1. The molecule has 31 heavy (non-hydrogen) atoms. The van der Waals surface area contributed by atoms with Crippen LogP contribution in [0.3, 0.4) is 0 Å². The highest BCUT2D eigenvalue weighted by Crippen LogP contribution is 2.38. The van der Waals surface area contributed by atoms with Crippen LogP contribution in [0.25, 0.3) is 11.0 Å². The molecule has 2 aromatic carbocycles. The van der Waals surface area contributed by atoms with Gasteiger partial charge in [0, 0.05) is 36.1 Å². The van der Waals surface area contributed by atoms with Crippen molar-refractivity contribution in [2.75, 3.05) is 25.7 Å². The van der Waals surface area contributed by atoms with Crippen LogP contribution in [-0.2, 0) is 0 Å². The van der Waals surface area contributed by atoms with Crippen LogP contribution >= 0.6 is 11.8 Å². The standard InChI is InChI=1S/C22H24N6O2S/c1-29-17-7-16(8-18(10-17)30-2)28(12-14-3-4-14)15-5-6-19-20(9-15)26-21(11-25-19)27-22(24)31-13-23/h5-11,13-14,23H,3-4,12H2,1-2H3,(H2,24,26,27). The van der Waals surface area contributed by atoms with Gasteiger partial charge in [0.25, 0.3) is 0 Å². The van der Waals surface area contributed by atoms with Crippen molar-refractivity contribution in [3.63, 3.8) is 0 Å². The molecule has 1 aliphatic carbocycles. The fourth-order valence-electron chi connectivity index (χ4n) is 3.28. The third-order valence-electron chi connectivity index (χ3n) is 5.01. The highest BCUT2D eigenvalue weighted by Gasteiger charge is 2.26. The fourth-order valence-corrected chi connectivity index (χ4v) is 3.55. The second-order valence-corrected chi connectivity index (χ2v) is 8.10. The van der Waals surface area contributed by atoms with E-state index in [4.69, 9.17) is 20.6 Å². The van der Waals surface area contributed by atoms with E-state index in [9.17, 15) is 0 Å². The number of ether oxygens (including phenoxy) is 2. The molecule has 0 spiro atoms. The van der Waals surface area contributed by atoms with E-state index >= 15 is 0 Å². The Morgan fingerprint density at radius 3 is 2.55 bits per heavy atom. The van der Waals surface area contributed by atoms with Gasteiger partial charge in [0.05, 0.1) is 37.0 Å². The lowest BCUT2D eigenvalue weighted by atomic mass is 10.2. The van der Waals surface area contributed by atoms with E-state index in [-0.39, 0.29) is 5.17 Å². The number of nitrogens with zero attached hydrogens (tertiary/aromatic N) is 4. The van der Waals surface area contributed by atoms with Crippen LogP contribution < -0.4 is 20.1 Å². The molecule has 0 atom stereocenters. The first kappa shape index (κ1) is 20.9. The first-order valence-electron chi connectivity index (χ1n) is 9.87. The second-order valence-electron chi connectivity index (χ2n) is 7.21. The minimum atomic E-state index is 0.249. The molecule has 0 radical (unpaired) electrons. The summed E-state index contributed by atoms with van der Waals surface area (Å²) >= 11 is 1.03. The molecule has 160 valence electrons. The molecule has 1 heterocycles. The number of nitrogens with two attached hydrogens (primary N) is 1. The van der Waals surface area contributed by atoms with Crippen molar-refractivity contribution in [2.24, 2.45) is 16.6 Å². The first-order chi connectivity index (χ1) is 15.1. The zero-order valence-corrected chi connectivity index (χ0v) is 18.2. The van der Waals surface area contributed by atoms with E-state index < -0.39 is 0 Å². The molecule has 3 aromatic rings. The Morgan fingerprint density at radius 1 is 1.16 bits per heavy atom. The normalized spacial score (nSPS) is 13.8. The maximum Gasteiger partial charge on any atom is 0.173 e. The highest BCUT2D eigenvalue weighted by atomic mass is 32.2. The number of aliphatic imine (C=N–C) groups is 1. The molecule has 0 saturated heterocycles. The van der Waals surface area contributed by atoms with Gasteiger partial charge in [0.15, 0.2) is 11.0 Å². The van der Waals surface area contributed by atoms with Gasteiger partial charge in [-0.2, -0.15) is 0 Å². The molecule has 1 saturated carbocycles. The zero-order chi connectivity index (χ0) is 21.8. The Bertz CT molecular complexity index is 1110. The molecule has 0 bridgehead atoms. The summed E-state index contributed by atoms with van der Waals surface area (Å²) in [4.78, 5) is 15.5. The molecular formula is C22H24N6O2S. The van der Waals surface area contributed by atoms with Crippen molar-refractivity contribution < 1.29 is 9.47 Å². The quantitative estimate of drug-likeness (QED) is 0.396. The van der Waals surface area contributed by atoms with Crippen LogP contribution in [0.4, 0.5) is 17.2 Å². The van der Waals surface area contributed by atoms with Crippen LogP contribution in [0.5, 0.6) is 11.5 Å². The molecule has 0 amide bonds. The molecule has 3 N–H and O–H groups in total. The van der Waals surface area contributed by atoms with Crippen LogP contribution in [0.2, 0.25) is 0 Å². The van der Waals surface area contributed by atoms with E-state index in [0.29, 0.717) is 11.7 Å². The summed E-state index contributed by atoms with van der Waals surface area (Å²) in [7, 11) is 3.31. The third-order valence-corrected chi connectivity index (χ3v) is 5.47. The maximum absolute atomic E-state index is 7.12. The Balaban J connectivity index is 1.75. The minimum absolute atomic E-state index is 0.249. The zero-order valence-electron chi connectivity index (χ0n) is 17.4. The summed E-state index contributed by atoms with van der Waals surface area (Å²) in [6.07, 6.45) is 4.04. The summed E-state index contributed by atoms with van der Waals surface area (Å²) in [5.74, 6) is 2.55. The molecule has 0 aliphatic heterocycles. The number of methoxy groups -OCH3 is 2. The molecule has 1 aromatic heterocycles. The Morgan fingerprint density at radius 2 is 1.90 bits per heavy atom. The van der Waals surface area contributed by atoms with Gasteiger partial charge in [-0.25, -0.2) is 9.98 Å². The Hall–Kier alpha value is -3.33. The van der Waals surface area contributed by atoms with Crippen molar-refractivity contribution in [1.29, 1.82) is 5.41 Å². The van der Waals surface area contributed by atoms with Gasteiger partial charge in [-0.15, -0.1) is 0 Å². The van der Waals surface area contributed by atoms with Crippen molar-refractivity contribution in [3.8, 4) is 11.5 Å². The number of hydrogen-bond donors (Lipinski definition) is 2. The number of thioether (sulfide) groups is 1. The van der Waals surface area contributed by atoms with E-state index in [2.05, 4.69) is 19.9 Å². The SMILES string of the molecule is COc1cc(OC)cc(N(CC2CC2)c2ccc3ncc(N=C(N)SC=N)nc3c2)c1. The summed E-state index contributed by atoms with van der Waals surface area (Å²) < 4.78 is 10.9. The molecule has 1 fully saturated rings. The van der Waals surface area contributed by atoms with Crippen LogP contribution in [-0.4, -0.2) is 41.4 Å². The topological polar surface area (TPSA) is 110 Å². The van der Waals surface area contributed by atoms with E-state index in [1.165, 1.54) is 12.8 Å². The number of benzene rings is 2. The van der Waals surface area contributed by atoms with Crippen LogP contribution in [0, 0.1) is 11.3 Å². The largest absolute Gasteiger partial charge is 0.497 e. The first-order valence-corrected chi connectivity index (χ1v) is 10.7. The molecule has 8 nitrogen and oxygen atoms in total. The maximum atomic E-state index is 7.12. The third kappa shape index (κ3) is 5.05. The number of hydrogen-bond acceptors (Lipinski definition) is 8. The lowest BCUT2D eigenvalue weighted by Crippen LogP contribution is -2.20. The van der Waals surface area contributed by atoms with Crippen LogP contribution in [0.15, 0.2) is 47.6 Å². The molecule has 0 unspecified atom stereocenters. The van der Waals surface area contributed by atoms with Crippen LogP contribution in [0.1, 0.15) is 12.8 Å². The smallest absolute Gasteiger partial charge is 0.173 e. The number of anilines is 2. The van der Waals surface area contributed by atoms with Gasteiger partial charge in [-0.3, -0.25) is 4.98 Å². The van der Waals surface area contributed by atoms with E-state index in [1.807, 2.05) is 36.4 Å². The van der Waals surface area contributed by atoms with Gasteiger partial charge in [-0.1, -0.05) is 0 Å². The second kappa shape index (κ2) is 9.22. The monoisotopic (exact) mass is 436 g/mol. The average molecular weight is 437 g/mol. The van der Waals surface area contributed by atoms with Gasteiger partial charge >= 0.3 is 0 Å². The number of amidine groups is 1. The van der Waals surface area contributed by atoms with E-state index in [1.54, 1.807) is 20.4 Å². The summed E-state index contributed by atoms with van der Waals surface area (Å²) in [5.41, 5.74) is 10.4. The lowest BCUT2D eigenvalue weighted by molar-refractivity contribution is 0.394. The molecular weight excluding hydrogens is 412 g/mol. The predicted molar refractivity (Wildman–Crippen MR) is 126 cm³/mol. The fraction of sp³-hybridized carbons (Fsp3) is 0.273. The Labute approximate surface area is 185 Å². The molecule has 1 aliphatic rings. The number of fused-ring (bicyclic) bond motifs is 1. The predicted octanol–water partition coefficient (Wildman–Crippen LogP) is 4.48. The van der Waals surface area contributed by atoms with Crippen molar-refractivity contribution >= 4 is 50.7 Å². The van der Waals surface area contributed by atoms with E-state index in [0.717, 1.165) is 57.8 Å². The van der Waals surface area contributed by atoms with Gasteiger partial charge in [0.2, 0.25) is 0 Å². The van der Waals surface area contributed by atoms with Gasteiger partial charge < -0.3 is 25.5 Å². The van der Waals surface area contributed by atoms with Crippen molar-refractivity contribution in [3.05, 3.63) is 42.6 Å². The van der Waals surface area contributed by atoms with Crippen molar-refractivity contribution in [1.82, 2.24) is 9.97 Å². The van der Waals surface area contributed by atoms with Gasteiger partial charge in [0.1, 0.15) is 11.5 Å². The average Bonchev–Trinajstić information content (AvgIpc) is 3.61. The number of aromatic nitrogens is 2.